The Kier molecular flexibility index (Phi) is 5.56. The van der Waals surface area contributed by atoms with Crippen molar-refractivity contribution < 1.29 is 19.1 Å². The molecule has 0 aliphatic carbocycles. The molecule has 1 aromatic rings. The fraction of sp³-hybridized carbons (Fsp3) is 0.438. The SMILES string of the molecule is COc1ccccc1CNC(=O)C(=O)N1CCC(C(N)=O)CC1. The molecule has 0 unspecified atom stereocenters. The van der Waals surface area contributed by atoms with Crippen molar-refractivity contribution in [2.75, 3.05) is 20.2 Å². The van der Waals surface area contributed by atoms with Crippen LogP contribution in [-0.2, 0) is 20.9 Å². The highest BCUT2D eigenvalue weighted by molar-refractivity contribution is 6.35. The number of ether oxygens (including phenoxy) is 1. The molecule has 1 aromatic carbocycles. The molecular weight excluding hydrogens is 298 g/mol. The van der Waals surface area contributed by atoms with Crippen LogP contribution >= 0.6 is 0 Å². The van der Waals surface area contributed by atoms with Crippen molar-refractivity contribution in [1.82, 2.24) is 10.2 Å². The van der Waals surface area contributed by atoms with Gasteiger partial charge in [-0.15, -0.1) is 0 Å². The number of hydrogen-bond acceptors (Lipinski definition) is 4. The van der Waals surface area contributed by atoms with Crippen LogP contribution in [0.15, 0.2) is 24.3 Å². The van der Waals surface area contributed by atoms with Gasteiger partial charge in [0.05, 0.1) is 7.11 Å². The lowest BCUT2D eigenvalue weighted by Gasteiger charge is -2.29. The first-order chi connectivity index (χ1) is 11.0. The van der Waals surface area contributed by atoms with Crippen molar-refractivity contribution in [2.24, 2.45) is 11.7 Å². The van der Waals surface area contributed by atoms with E-state index in [0.717, 1.165) is 5.56 Å². The predicted octanol–water partition coefficient (Wildman–Crippen LogP) is 0.0353. The zero-order valence-electron chi connectivity index (χ0n) is 13.1. The van der Waals surface area contributed by atoms with E-state index in [1.807, 2.05) is 18.2 Å². The Balaban J connectivity index is 1.86. The van der Waals surface area contributed by atoms with Crippen LogP contribution in [0.1, 0.15) is 18.4 Å². The summed E-state index contributed by atoms with van der Waals surface area (Å²) in [7, 11) is 1.55. The lowest BCUT2D eigenvalue weighted by atomic mass is 9.96. The minimum absolute atomic E-state index is 0.212. The Morgan fingerprint density at radius 1 is 1.26 bits per heavy atom. The second kappa shape index (κ2) is 7.62. The number of benzene rings is 1. The molecule has 0 saturated carbocycles. The third-order valence-corrected chi connectivity index (χ3v) is 4.01. The van der Waals surface area contributed by atoms with Gasteiger partial charge in [0.25, 0.3) is 0 Å². The first-order valence-corrected chi connectivity index (χ1v) is 7.51. The molecule has 7 heteroatoms. The zero-order chi connectivity index (χ0) is 16.8. The highest BCUT2D eigenvalue weighted by atomic mass is 16.5. The van der Waals surface area contributed by atoms with E-state index in [2.05, 4.69) is 5.32 Å². The monoisotopic (exact) mass is 319 g/mol. The quantitative estimate of drug-likeness (QED) is 0.765. The molecule has 1 fully saturated rings. The van der Waals surface area contributed by atoms with Crippen molar-refractivity contribution in [2.45, 2.75) is 19.4 Å². The molecule has 1 saturated heterocycles. The predicted molar refractivity (Wildman–Crippen MR) is 83.3 cm³/mol. The Morgan fingerprint density at radius 2 is 1.91 bits per heavy atom. The van der Waals surface area contributed by atoms with Gasteiger partial charge in [-0.1, -0.05) is 18.2 Å². The van der Waals surface area contributed by atoms with Crippen LogP contribution in [0, 0.1) is 5.92 Å². The molecule has 3 amide bonds. The van der Waals surface area contributed by atoms with Crippen LogP contribution in [0.3, 0.4) is 0 Å². The number of nitrogens with one attached hydrogen (secondary N) is 1. The van der Waals surface area contributed by atoms with E-state index in [0.29, 0.717) is 31.7 Å². The topological polar surface area (TPSA) is 102 Å². The number of amides is 3. The number of nitrogens with zero attached hydrogens (tertiary/aromatic N) is 1. The van der Waals surface area contributed by atoms with Crippen molar-refractivity contribution in [1.29, 1.82) is 0 Å². The van der Waals surface area contributed by atoms with Gasteiger partial charge in [-0.25, -0.2) is 0 Å². The summed E-state index contributed by atoms with van der Waals surface area (Å²) in [6.07, 6.45) is 1.00. The molecule has 3 N–H and O–H groups in total. The number of carbonyl (C=O) groups is 3. The summed E-state index contributed by atoms with van der Waals surface area (Å²) in [6.45, 7) is 0.954. The maximum atomic E-state index is 12.1. The fourth-order valence-corrected chi connectivity index (χ4v) is 2.61. The highest BCUT2D eigenvalue weighted by Crippen LogP contribution is 2.18. The highest BCUT2D eigenvalue weighted by Gasteiger charge is 2.28. The first kappa shape index (κ1) is 16.8. The summed E-state index contributed by atoms with van der Waals surface area (Å²) in [6, 6.07) is 7.28. The van der Waals surface area contributed by atoms with Crippen LogP contribution in [0.25, 0.3) is 0 Å². The fourth-order valence-electron chi connectivity index (χ4n) is 2.61. The zero-order valence-corrected chi connectivity index (χ0v) is 13.1. The van der Waals surface area contributed by atoms with Gasteiger partial charge in [0, 0.05) is 31.1 Å². The van der Waals surface area contributed by atoms with Crippen LogP contribution in [0.4, 0.5) is 0 Å². The number of nitrogens with two attached hydrogens (primary N) is 1. The third-order valence-electron chi connectivity index (χ3n) is 4.01. The van der Waals surface area contributed by atoms with Crippen molar-refractivity contribution >= 4 is 17.7 Å². The Morgan fingerprint density at radius 3 is 2.52 bits per heavy atom. The van der Waals surface area contributed by atoms with Gasteiger partial charge in [-0.3, -0.25) is 14.4 Å². The molecule has 1 aliphatic rings. The van der Waals surface area contributed by atoms with E-state index < -0.39 is 11.8 Å². The van der Waals surface area contributed by atoms with E-state index in [4.69, 9.17) is 10.5 Å². The number of carbonyl (C=O) groups excluding carboxylic acids is 3. The van der Waals surface area contributed by atoms with Gasteiger partial charge in [0.2, 0.25) is 5.91 Å². The van der Waals surface area contributed by atoms with Crippen LogP contribution in [0.5, 0.6) is 5.75 Å². The average molecular weight is 319 g/mol. The van der Waals surface area contributed by atoms with E-state index >= 15 is 0 Å². The van der Waals surface area contributed by atoms with Gasteiger partial charge in [0.1, 0.15) is 5.75 Å². The Labute approximate surface area is 134 Å². The maximum Gasteiger partial charge on any atom is 0.311 e. The van der Waals surface area contributed by atoms with Gasteiger partial charge in [-0.05, 0) is 18.9 Å². The minimum atomic E-state index is -0.659. The number of rotatable bonds is 4. The normalized spacial score (nSPS) is 15.1. The molecule has 0 aromatic heterocycles. The van der Waals surface area contributed by atoms with Crippen LogP contribution in [-0.4, -0.2) is 42.8 Å². The van der Waals surface area contributed by atoms with Crippen LogP contribution < -0.4 is 15.8 Å². The summed E-state index contributed by atoms with van der Waals surface area (Å²) in [4.78, 5) is 36.7. The number of hydrogen-bond donors (Lipinski definition) is 2. The van der Waals surface area contributed by atoms with Crippen molar-refractivity contribution in [3.05, 3.63) is 29.8 Å². The van der Waals surface area contributed by atoms with Gasteiger partial charge >= 0.3 is 11.8 Å². The second-order valence-corrected chi connectivity index (χ2v) is 5.46. The molecule has 0 bridgehead atoms. The Bertz CT molecular complexity index is 595. The summed E-state index contributed by atoms with van der Waals surface area (Å²) < 4.78 is 5.20. The third kappa shape index (κ3) is 4.21. The molecule has 0 radical (unpaired) electrons. The lowest BCUT2D eigenvalue weighted by Crippen LogP contribution is -2.47. The molecule has 1 heterocycles. The van der Waals surface area contributed by atoms with Gasteiger partial charge in [0.15, 0.2) is 0 Å². The number of methoxy groups -OCH3 is 1. The molecule has 1 aliphatic heterocycles. The number of likely N-dealkylation sites (tertiary alicyclic amines) is 1. The first-order valence-electron chi connectivity index (χ1n) is 7.51. The van der Waals surface area contributed by atoms with Crippen molar-refractivity contribution in [3.63, 3.8) is 0 Å². The number of primary amides is 1. The summed E-state index contributed by atoms with van der Waals surface area (Å²) >= 11 is 0. The summed E-state index contributed by atoms with van der Waals surface area (Å²) in [5.74, 6) is -1.15. The average Bonchev–Trinajstić information content (AvgIpc) is 2.59. The molecule has 23 heavy (non-hydrogen) atoms. The number of piperidine rings is 1. The molecule has 124 valence electrons. The lowest BCUT2D eigenvalue weighted by molar-refractivity contribution is -0.147. The van der Waals surface area contributed by atoms with Crippen LogP contribution in [0.2, 0.25) is 0 Å². The molecule has 7 nitrogen and oxygen atoms in total. The van der Waals surface area contributed by atoms with E-state index in [1.54, 1.807) is 13.2 Å². The summed E-state index contributed by atoms with van der Waals surface area (Å²) in [5.41, 5.74) is 6.05. The minimum Gasteiger partial charge on any atom is -0.496 e. The van der Waals surface area contributed by atoms with Crippen molar-refractivity contribution in [3.8, 4) is 5.75 Å². The largest absolute Gasteiger partial charge is 0.496 e. The van der Waals surface area contributed by atoms with E-state index in [-0.39, 0.29) is 18.4 Å². The number of para-hydroxylation sites is 1. The molecule has 0 spiro atoms. The van der Waals surface area contributed by atoms with Gasteiger partial charge in [-0.2, -0.15) is 0 Å². The smallest absolute Gasteiger partial charge is 0.311 e. The standard InChI is InChI=1S/C16H21N3O4/c1-23-13-5-3-2-4-12(13)10-18-15(21)16(22)19-8-6-11(7-9-19)14(17)20/h2-5,11H,6-10H2,1H3,(H2,17,20)(H,18,21). The second-order valence-electron chi connectivity index (χ2n) is 5.46. The maximum absolute atomic E-state index is 12.1. The van der Waals surface area contributed by atoms with E-state index in [1.165, 1.54) is 4.90 Å². The Hall–Kier alpha value is -2.57. The van der Waals surface area contributed by atoms with Gasteiger partial charge < -0.3 is 20.7 Å². The summed E-state index contributed by atoms with van der Waals surface area (Å²) in [5, 5.41) is 2.60. The molecule has 2 rings (SSSR count). The molecular formula is C16H21N3O4. The molecule has 0 atom stereocenters. The van der Waals surface area contributed by atoms with E-state index in [9.17, 15) is 14.4 Å².